The summed E-state index contributed by atoms with van der Waals surface area (Å²) in [4.78, 5) is 0. The van der Waals surface area contributed by atoms with Crippen molar-refractivity contribution in [3.05, 3.63) is 34.1 Å². The molecule has 1 rings (SSSR count). The van der Waals surface area contributed by atoms with E-state index in [9.17, 15) is 0 Å². The van der Waals surface area contributed by atoms with Crippen molar-refractivity contribution in [1.82, 2.24) is 0 Å². The molecule has 2 heteroatoms. The molecule has 0 saturated heterocycles. The summed E-state index contributed by atoms with van der Waals surface area (Å²) >= 11 is 6.30. The Balaban J connectivity index is 3.15. The van der Waals surface area contributed by atoms with Crippen LogP contribution in [0.2, 0.25) is 0 Å². The summed E-state index contributed by atoms with van der Waals surface area (Å²) in [5.74, 6) is 1.12. The van der Waals surface area contributed by atoms with Gasteiger partial charge in [-0.25, -0.2) is 0 Å². The number of ether oxygens (including phenoxy) is 1. The van der Waals surface area contributed by atoms with Gasteiger partial charge in [0.1, 0.15) is 0 Å². The van der Waals surface area contributed by atoms with E-state index < -0.39 is 0 Å². The first-order chi connectivity index (χ1) is 7.74. The summed E-state index contributed by atoms with van der Waals surface area (Å²) in [7, 11) is 1.76. The lowest BCUT2D eigenvalue weighted by Gasteiger charge is -2.21. The molecule has 0 aromatic rings. The standard InChI is InChI=1S/C14H21ClO/c1-4-8-11(13(15)5-2)12-9-6-7-10-14(12)16-3/h4,8H,5-7,9-10H2,1-3H3/b8-4-,13-11-. The fourth-order valence-corrected chi connectivity index (χ4v) is 2.28. The Morgan fingerprint density at radius 1 is 1.38 bits per heavy atom. The van der Waals surface area contributed by atoms with Gasteiger partial charge in [0.2, 0.25) is 0 Å². The highest BCUT2D eigenvalue weighted by molar-refractivity contribution is 6.30. The quantitative estimate of drug-likeness (QED) is 0.633. The van der Waals surface area contributed by atoms with Gasteiger partial charge in [0.15, 0.2) is 0 Å². The largest absolute Gasteiger partial charge is 0.501 e. The Hall–Kier alpha value is -0.690. The van der Waals surface area contributed by atoms with E-state index in [0.717, 1.165) is 30.1 Å². The lowest BCUT2D eigenvalue weighted by molar-refractivity contribution is 0.262. The molecule has 0 radical (unpaired) electrons. The summed E-state index contributed by atoms with van der Waals surface area (Å²) in [6, 6.07) is 0. The first kappa shape index (κ1) is 13.4. The Bertz CT molecular complexity index is 324. The Kier molecular flexibility index (Phi) is 5.68. The van der Waals surface area contributed by atoms with E-state index >= 15 is 0 Å². The SMILES string of the molecule is C/C=C\C(C1=C(OC)CCCC1)=C(\Cl)CC. The highest BCUT2D eigenvalue weighted by Crippen LogP contribution is 2.34. The van der Waals surface area contributed by atoms with Crippen molar-refractivity contribution >= 4 is 11.6 Å². The number of methoxy groups -OCH3 is 1. The van der Waals surface area contributed by atoms with Gasteiger partial charge in [-0.3, -0.25) is 0 Å². The molecule has 0 fully saturated rings. The van der Waals surface area contributed by atoms with Crippen molar-refractivity contribution in [2.24, 2.45) is 0 Å². The second-order valence-corrected chi connectivity index (χ2v) is 4.44. The van der Waals surface area contributed by atoms with E-state index in [1.807, 2.05) is 13.0 Å². The fraction of sp³-hybridized carbons (Fsp3) is 0.571. The molecule has 1 aliphatic rings. The number of hydrogen-bond donors (Lipinski definition) is 0. The molecule has 1 nitrogen and oxygen atoms in total. The lowest BCUT2D eigenvalue weighted by Crippen LogP contribution is -2.04. The van der Waals surface area contributed by atoms with Gasteiger partial charge in [-0.2, -0.15) is 0 Å². The van der Waals surface area contributed by atoms with Crippen molar-refractivity contribution in [2.45, 2.75) is 46.0 Å². The smallest absolute Gasteiger partial charge is 0.0993 e. The number of hydrogen-bond acceptors (Lipinski definition) is 1. The molecular weight excluding hydrogens is 220 g/mol. The van der Waals surface area contributed by atoms with Gasteiger partial charge in [-0.15, -0.1) is 0 Å². The van der Waals surface area contributed by atoms with Crippen LogP contribution >= 0.6 is 11.6 Å². The molecule has 0 spiro atoms. The van der Waals surface area contributed by atoms with Crippen molar-refractivity contribution in [3.8, 4) is 0 Å². The van der Waals surface area contributed by atoms with Gasteiger partial charge in [0, 0.05) is 11.5 Å². The third-order valence-corrected chi connectivity index (χ3v) is 3.40. The number of allylic oxidation sites excluding steroid dienone is 6. The van der Waals surface area contributed by atoms with Crippen LogP contribution in [-0.2, 0) is 4.74 Å². The van der Waals surface area contributed by atoms with Gasteiger partial charge in [-0.05, 0) is 43.8 Å². The maximum atomic E-state index is 6.30. The van der Waals surface area contributed by atoms with E-state index in [2.05, 4.69) is 13.0 Å². The molecule has 16 heavy (non-hydrogen) atoms. The van der Waals surface area contributed by atoms with Crippen molar-refractivity contribution in [1.29, 1.82) is 0 Å². The predicted molar refractivity (Wildman–Crippen MR) is 70.5 cm³/mol. The predicted octanol–water partition coefficient (Wildman–Crippen LogP) is 4.94. The van der Waals surface area contributed by atoms with Crippen LogP contribution in [0.25, 0.3) is 0 Å². The van der Waals surface area contributed by atoms with Crippen molar-refractivity contribution in [3.63, 3.8) is 0 Å². The summed E-state index contributed by atoms with van der Waals surface area (Å²) in [6.07, 6.45) is 9.60. The highest BCUT2D eigenvalue weighted by atomic mass is 35.5. The Labute approximate surface area is 104 Å². The van der Waals surface area contributed by atoms with Crippen LogP contribution in [0.15, 0.2) is 34.1 Å². The van der Waals surface area contributed by atoms with Gasteiger partial charge < -0.3 is 4.74 Å². The van der Waals surface area contributed by atoms with E-state index in [1.165, 1.54) is 24.0 Å². The maximum absolute atomic E-state index is 6.30. The summed E-state index contributed by atoms with van der Waals surface area (Å²) in [5, 5.41) is 0.935. The van der Waals surface area contributed by atoms with Crippen LogP contribution < -0.4 is 0 Å². The molecular formula is C14H21ClO. The van der Waals surface area contributed by atoms with Crippen LogP contribution in [0.1, 0.15) is 46.0 Å². The molecule has 1 aliphatic carbocycles. The van der Waals surface area contributed by atoms with Crippen LogP contribution in [0.4, 0.5) is 0 Å². The molecule has 0 amide bonds. The van der Waals surface area contributed by atoms with E-state index in [4.69, 9.17) is 16.3 Å². The topological polar surface area (TPSA) is 9.23 Å². The van der Waals surface area contributed by atoms with Crippen LogP contribution in [0.5, 0.6) is 0 Å². The third-order valence-electron chi connectivity index (χ3n) is 2.92. The lowest BCUT2D eigenvalue weighted by atomic mass is 9.91. The zero-order valence-corrected chi connectivity index (χ0v) is 11.2. The van der Waals surface area contributed by atoms with E-state index in [0.29, 0.717) is 0 Å². The van der Waals surface area contributed by atoms with Crippen LogP contribution in [-0.4, -0.2) is 7.11 Å². The summed E-state index contributed by atoms with van der Waals surface area (Å²) < 4.78 is 5.48. The minimum absolute atomic E-state index is 0.877. The average molecular weight is 241 g/mol. The molecule has 0 unspecified atom stereocenters. The molecule has 0 aromatic carbocycles. The van der Waals surface area contributed by atoms with Crippen molar-refractivity contribution in [2.75, 3.05) is 7.11 Å². The first-order valence-electron chi connectivity index (χ1n) is 6.02. The Morgan fingerprint density at radius 2 is 2.06 bits per heavy atom. The van der Waals surface area contributed by atoms with E-state index in [-0.39, 0.29) is 0 Å². The average Bonchev–Trinajstić information content (AvgIpc) is 2.35. The molecule has 0 aliphatic heterocycles. The Morgan fingerprint density at radius 3 is 2.62 bits per heavy atom. The number of halogens is 1. The van der Waals surface area contributed by atoms with Gasteiger partial charge in [0.25, 0.3) is 0 Å². The third kappa shape index (κ3) is 3.15. The minimum atomic E-state index is 0.877. The second-order valence-electron chi connectivity index (χ2n) is 3.99. The van der Waals surface area contributed by atoms with Crippen molar-refractivity contribution < 1.29 is 4.74 Å². The van der Waals surface area contributed by atoms with Gasteiger partial charge in [-0.1, -0.05) is 30.7 Å². The summed E-state index contributed by atoms with van der Waals surface area (Å²) in [5.41, 5.74) is 2.47. The van der Waals surface area contributed by atoms with E-state index in [1.54, 1.807) is 7.11 Å². The normalized spacial score (nSPS) is 19.0. The van der Waals surface area contributed by atoms with Gasteiger partial charge >= 0.3 is 0 Å². The van der Waals surface area contributed by atoms with Gasteiger partial charge in [0.05, 0.1) is 12.9 Å². The molecule has 0 heterocycles. The molecule has 90 valence electrons. The molecule has 0 aromatic heterocycles. The summed E-state index contributed by atoms with van der Waals surface area (Å²) in [6.45, 7) is 4.11. The van der Waals surface area contributed by atoms with Crippen LogP contribution in [0.3, 0.4) is 0 Å². The zero-order valence-electron chi connectivity index (χ0n) is 10.5. The second kappa shape index (κ2) is 6.80. The van der Waals surface area contributed by atoms with Crippen LogP contribution in [0, 0.1) is 0 Å². The molecule has 0 bridgehead atoms. The molecule has 0 N–H and O–H groups in total. The minimum Gasteiger partial charge on any atom is -0.501 e. The molecule has 0 saturated carbocycles. The first-order valence-corrected chi connectivity index (χ1v) is 6.40. The monoisotopic (exact) mass is 240 g/mol. The fourth-order valence-electron chi connectivity index (χ4n) is 2.10. The zero-order chi connectivity index (χ0) is 12.0. The number of rotatable bonds is 4. The molecule has 0 atom stereocenters. The maximum Gasteiger partial charge on any atom is 0.0993 e. The highest BCUT2D eigenvalue weighted by Gasteiger charge is 2.17.